The summed E-state index contributed by atoms with van der Waals surface area (Å²) in [5.74, 6) is 0.860. The van der Waals surface area contributed by atoms with Crippen molar-refractivity contribution in [1.29, 1.82) is 0 Å². The fraction of sp³-hybridized carbons (Fsp3) is 0.333. The first-order valence-electron chi connectivity index (χ1n) is 8.03. The van der Waals surface area contributed by atoms with E-state index in [-0.39, 0.29) is 5.75 Å². The number of aryl methyl sites for hydroxylation is 1. The van der Waals surface area contributed by atoms with Gasteiger partial charge in [-0.3, -0.25) is 0 Å². The normalized spacial score (nSPS) is 14.1. The van der Waals surface area contributed by atoms with Crippen molar-refractivity contribution in [2.24, 2.45) is 0 Å². The van der Waals surface area contributed by atoms with Crippen LogP contribution in [0, 0.1) is 6.92 Å². The van der Waals surface area contributed by atoms with Gasteiger partial charge < -0.3 is 9.64 Å². The van der Waals surface area contributed by atoms with Crippen molar-refractivity contribution in [1.82, 2.24) is 4.72 Å². The third-order valence-electron chi connectivity index (χ3n) is 4.01. The number of fused-ring (bicyclic) bond motifs is 1. The predicted octanol–water partition coefficient (Wildman–Crippen LogP) is 2.31. The number of hydrogen-bond acceptors (Lipinski definition) is 4. The van der Waals surface area contributed by atoms with Crippen molar-refractivity contribution in [3.63, 3.8) is 0 Å². The Morgan fingerprint density at radius 3 is 2.67 bits per heavy atom. The van der Waals surface area contributed by atoms with Crippen LogP contribution in [0.25, 0.3) is 0 Å². The van der Waals surface area contributed by atoms with Gasteiger partial charge in [-0.1, -0.05) is 42.0 Å². The number of para-hydroxylation sites is 2. The topological polar surface area (TPSA) is 58.6 Å². The number of nitrogens with one attached hydrogen (secondary N) is 1. The molecule has 0 amide bonds. The molecule has 1 N–H and O–H groups in total. The molecule has 0 aromatic heterocycles. The molecule has 0 atom stereocenters. The summed E-state index contributed by atoms with van der Waals surface area (Å²) in [6, 6.07) is 15.4. The molecule has 24 heavy (non-hydrogen) atoms. The van der Waals surface area contributed by atoms with E-state index in [1.165, 1.54) is 0 Å². The van der Waals surface area contributed by atoms with E-state index >= 15 is 0 Å². The van der Waals surface area contributed by atoms with Crippen LogP contribution in [0.4, 0.5) is 5.69 Å². The lowest BCUT2D eigenvalue weighted by Gasteiger charge is -2.31. The monoisotopic (exact) mass is 346 g/mol. The van der Waals surface area contributed by atoms with Crippen molar-refractivity contribution in [3.8, 4) is 5.75 Å². The smallest absolute Gasteiger partial charge is 0.215 e. The summed E-state index contributed by atoms with van der Waals surface area (Å²) in [7, 11) is -3.33. The number of sulfonamides is 1. The minimum atomic E-state index is -3.33. The zero-order valence-corrected chi connectivity index (χ0v) is 14.6. The Morgan fingerprint density at radius 2 is 1.88 bits per heavy atom. The molecule has 1 aliphatic heterocycles. The Hall–Kier alpha value is -2.05. The molecule has 3 rings (SSSR count). The summed E-state index contributed by atoms with van der Waals surface area (Å²) in [6.07, 6.45) is 0. The molecular weight excluding hydrogens is 324 g/mol. The quantitative estimate of drug-likeness (QED) is 0.872. The standard InChI is InChI=1S/C18H22N2O3S/c1-15-6-8-16(9-7-15)14-24(21,22)19-10-11-20-12-13-23-18-5-3-2-4-17(18)20/h2-9,19H,10-14H2,1H3. The number of rotatable bonds is 6. The molecule has 2 aromatic carbocycles. The van der Waals surface area contributed by atoms with E-state index in [0.29, 0.717) is 19.7 Å². The zero-order valence-electron chi connectivity index (χ0n) is 13.7. The first-order valence-corrected chi connectivity index (χ1v) is 9.68. The van der Waals surface area contributed by atoms with Crippen LogP contribution in [0.2, 0.25) is 0 Å². The van der Waals surface area contributed by atoms with Gasteiger partial charge >= 0.3 is 0 Å². The van der Waals surface area contributed by atoms with Crippen LogP contribution in [0.1, 0.15) is 11.1 Å². The molecule has 0 saturated carbocycles. The van der Waals surface area contributed by atoms with Gasteiger partial charge in [0, 0.05) is 13.1 Å². The molecule has 6 heteroatoms. The average molecular weight is 346 g/mol. The second-order valence-corrected chi connectivity index (χ2v) is 7.75. The lowest BCUT2D eigenvalue weighted by atomic mass is 10.2. The summed E-state index contributed by atoms with van der Waals surface area (Å²) < 4.78 is 32.7. The Labute approximate surface area is 143 Å². The van der Waals surface area contributed by atoms with Crippen molar-refractivity contribution in [2.45, 2.75) is 12.7 Å². The SMILES string of the molecule is Cc1ccc(CS(=O)(=O)NCCN2CCOc3ccccc32)cc1. The van der Waals surface area contributed by atoms with Crippen molar-refractivity contribution < 1.29 is 13.2 Å². The van der Waals surface area contributed by atoms with Crippen molar-refractivity contribution in [2.75, 3.05) is 31.1 Å². The summed E-state index contributed by atoms with van der Waals surface area (Å²) in [5.41, 5.74) is 2.93. The van der Waals surface area contributed by atoms with Gasteiger partial charge in [-0.25, -0.2) is 13.1 Å². The number of benzene rings is 2. The van der Waals surface area contributed by atoms with E-state index in [1.54, 1.807) is 0 Å². The van der Waals surface area contributed by atoms with Gasteiger partial charge in [0.2, 0.25) is 10.0 Å². The second-order valence-electron chi connectivity index (χ2n) is 5.94. The molecule has 0 aliphatic carbocycles. The highest BCUT2D eigenvalue weighted by atomic mass is 32.2. The van der Waals surface area contributed by atoms with Gasteiger partial charge in [0.15, 0.2) is 0 Å². The van der Waals surface area contributed by atoms with Crippen LogP contribution < -0.4 is 14.4 Å². The fourth-order valence-electron chi connectivity index (χ4n) is 2.75. The Bertz CT molecular complexity index is 788. The Balaban J connectivity index is 1.55. The second kappa shape index (κ2) is 7.23. The van der Waals surface area contributed by atoms with Gasteiger partial charge in [-0.15, -0.1) is 0 Å². The molecule has 0 spiro atoms. The van der Waals surface area contributed by atoms with Crippen LogP contribution >= 0.6 is 0 Å². The van der Waals surface area contributed by atoms with Crippen LogP contribution in [-0.2, 0) is 15.8 Å². The largest absolute Gasteiger partial charge is 0.490 e. The zero-order chi connectivity index (χ0) is 17.0. The number of ether oxygens (including phenoxy) is 1. The van der Waals surface area contributed by atoms with Gasteiger partial charge in [-0.2, -0.15) is 0 Å². The molecule has 0 saturated heterocycles. The fourth-order valence-corrected chi connectivity index (χ4v) is 3.89. The third-order valence-corrected chi connectivity index (χ3v) is 5.36. The molecule has 2 aromatic rings. The van der Waals surface area contributed by atoms with E-state index in [4.69, 9.17) is 4.74 Å². The maximum atomic E-state index is 12.2. The molecule has 0 bridgehead atoms. The number of hydrogen-bond donors (Lipinski definition) is 1. The van der Waals surface area contributed by atoms with Crippen LogP contribution in [0.5, 0.6) is 5.75 Å². The summed E-state index contributed by atoms with van der Waals surface area (Å²) in [5, 5.41) is 0. The number of nitrogens with zero attached hydrogens (tertiary/aromatic N) is 1. The van der Waals surface area contributed by atoms with Gasteiger partial charge in [0.1, 0.15) is 12.4 Å². The maximum Gasteiger partial charge on any atom is 0.215 e. The molecule has 0 unspecified atom stereocenters. The minimum Gasteiger partial charge on any atom is -0.490 e. The first kappa shape index (κ1) is 16.8. The van der Waals surface area contributed by atoms with E-state index in [1.807, 2.05) is 55.5 Å². The summed E-state index contributed by atoms with van der Waals surface area (Å²) >= 11 is 0. The predicted molar refractivity (Wildman–Crippen MR) is 96.0 cm³/mol. The lowest BCUT2D eigenvalue weighted by Crippen LogP contribution is -2.39. The average Bonchev–Trinajstić information content (AvgIpc) is 2.57. The van der Waals surface area contributed by atoms with Gasteiger partial charge in [0.25, 0.3) is 0 Å². The molecule has 128 valence electrons. The van der Waals surface area contributed by atoms with Crippen molar-refractivity contribution >= 4 is 15.7 Å². The highest BCUT2D eigenvalue weighted by molar-refractivity contribution is 7.88. The summed E-state index contributed by atoms with van der Waals surface area (Å²) in [4.78, 5) is 2.15. The molecule has 0 fully saturated rings. The summed E-state index contributed by atoms with van der Waals surface area (Å²) in [6.45, 7) is 4.36. The van der Waals surface area contributed by atoms with Crippen LogP contribution in [0.15, 0.2) is 48.5 Å². The third kappa shape index (κ3) is 4.27. The molecule has 1 aliphatic rings. The van der Waals surface area contributed by atoms with E-state index in [0.717, 1.165) is 29.1 Å². The highest BCUT2D eigenvalue weighted by Gasteiger charge is 2.18. The first-order chi connectivity index (χ1) is 11.5. The Morgan fingerprint density at radius 1 is 1.12 bits per heavy atom. The molecule has 0 radical (unpaired) electrons. The molecular formula is C18H22N2O3S. The van der Waals surface area contributed by atoms with Crippen LogP contribution in [-0.4, -0.2) is 34.7 Å². The number of anilines is 1. The molecule has 1 heterocycles. The van der Waals surface area contributed by atoms with E-state index in [9.17, 15) is 8.42 Å². The lowest BCUT2D eigenvalue weighted by molar-refractivity contribution is 0.308. The van der Waals surface area contributed by atoms with Crippen molar-refractivity contribution in [3.05, 3.63) is 59.7 Å². The molecule has 5 nitrogen and oxygen atoms in total. The minimum absolute atomic E-state index is 0.00692. The van der Waals surface area contributed by atoms with Gasteiger partial charge in [0.05, 0.1) is 18.0 Å². The highest BCUT2D eigenvalue weighted by Crippen LogP contribution is 2.30. The van der Waals surface area contributed by atoms with Crippen LogP contribution in [0.3, 0.4) is 0 Å². The van der Waals surface area contributed by atoms with E-state index in [2.05, 4.69) is 9.62 Å². The van der Waals surface area contributed by atoms with E-state index < -0.39 is 10.0 Å². The maximum absolute atomic E-state index is 12.2. The Kier molecular flexibility index (Phi) is 5.06. The van der Waals surface area contributed by atoms with Gasteiger partial charge in [-0.05, 0) is 24.6 Å².